The third-order valence-corrected chi connectivity index (χ3v) is 6.05. The second kappa shape index (κ2) is 4.43. The Hall–Kier alpha value is 0.140. The molecular weight excluding hydrogens is 282 g/mol. The lowest BCUT2D eigenvalue weighted by molar-refractivity contribution is 0.281. The van der Waals surface area contributed by atoms with Crippen LogP contribution in [-0.2, 0) is 6.42 Å². The van der Waals surface area contributed by atoms with Crippen LogP contribution in [0, 0.1) is 17.8 Å². The van der Waals surface area contributed by atoms with E-state index in [-0.39, 0.29) is 0 Å². The Balaban J connectivity index is 1.63. The van der Waals surface area contributed by atoms with Crippen LogP contribution in [-0.4, -0.2) is 6.04 Å². The van der Waals surface area contributed by atoms with Gasteiger partial charge in [0.2, 0.25) is 0 Å². The minimum absolute atomic E-state index is 0.390. The third kappa shape index (κ3) is 2.09. The number of nitrogens with two attached hydrogens (primary N) is 1. The van der Waals surface area contributed by atoms with E-state index >= 15 is 0 Å². The van der Waals surface area contributed by atoms with E-state index in [1.165, 1.54) is 34.3 Å². The second-order valence-electron chi connectivity index (χ2n) is 5.41. The fourth-order valence-electron chi connectivity index (χ4n) is 3.66. The van der Waals surface area contributed by atoms with Crippen LogP contribution >= 0.6 is 27.3 Å². The van der Waals surface area contributed by atoms with Crippen molar-refractivity contribution in [3.8, 4) is 0 Å². The Kier molecular flexibility index (Phi) is 3.11. The normalized spacial score (nSPS) is 34.5. The molecule has 2 saturated carbocycles. The van der Waals surface area contributed by atoms with E-state index in [9.17, 15) is 0 Å². The Morgan fingerprint density at radius 2 is 2.25 bits per heavy atom. The summed E-state index contributed by atoms with van der Waals surface area (Å²) in [5, 5.41) is 0. The summed E-state index contributed by atoms with van der Waals surface area (Å²) < 4.78 is 1.22. The zero-order valence-electron chi connectivity index (χ0n) is 9.36. The molecule has 3 rings (SSSR count). The molecule has 2 N–H and O–H groups in total. The number of halogens is 1. The minimum Gasteiger partial charge on any atom is -0.327 e. The lowest BCUT2D eigenvalue weighted by Gasteiger charge is -2.27. The van der Waals surface area contributed by atoms with Crippen molar-refractivity contribution >= 4 is 27.3 Å². The summed E-state index contributed by atoms with van der Waals surface area (Å²) in [7, 11) is 0. The molecule has 88 valence electrons. The molecule has 2 aliphatic rings. The molecular formula is C13H18BrNS. The van der Waals surface area contributed by atoms with Crippen LogP contribution in [0.3, 0.4) is 0 Å². The maximum atomic E-state index is 6.40. The predicted octanol–water partition coefficient (Wildman–Crippen LogP) is 3.82. The first-order valence-electron chi connectivity index (χ1n) is 6.22. The Morgan fingerprint density at radius 3 is 2.81 bits per heavy atom. The summed E-state index contributed by atoms with van der Waals surface area (Å²) in [5.74, 6) is 2.76. The first-order chi connectivity index (χ1) is 7.72. The van der Waals surface area contributed by atoms with Gasteiger partial charge in [0.1, 0.15) is 0 Å². The van der Waals surface area contributed by atoms with Gasteiger partial charge < -0.3 is 5.73 Å². The monoisotopic (exact) mass is 299 g/mol. The van der Waals surface area contributed by atoms with Crippen LogP contribution in [0.4, 0.5) is 0 Å². The quantitative estimate of drug-likeness (QED) is 0.902. The minimum atomic E-state index is 0.390. The zero-order valence-corrected chi connectivity index (χ0v) is 11.8. The van der Waals surface area contributed by atoms with Gasteiger partial charge in [-0.2, -0.15) is 0 Å². The van der Waals surface area contributed by atoms with Gasteiger partial charge in [-0.05, 0) is 71.5 Å². The van der Waals surface area contributed by atoms with Crippen LogP contribution in [0.5, 0.6) is 0 Å². The molecule has 1 aromatic heterocycles. The molecule has 2 fully saturated rings. The van der Waals surface area contributed by atoms with Gasteiger partial charge in [0, 0.05) is 10.9 Å². The highest BCUT2D eigenvalue weighted by Crippen LogP contribution is 2.49. The smallest absolute Gasteiger partial charge is 0.0701 e. The van der Waals surface area contributed by atoms with Crippen LogP contribution in [0.2, 0.25) is 0 Å². The highest BCUT2D eigenvalue weighted by Gasteiger charge is 2.41. The van der Waals surface area contributed by atoms with Crippen LogP contribution in [0.25, 0.3) is 0 Å². The summed E-state index contributed by atoms with van der Waals surface area (Å²) in [6.07, 6.45) is 6.85. The van der Waals surface area contributed by atoms with Gasteiger partial charge in [-0.25, -0.2) is 0 Å². The molecule has 2 bridgehead atoms. The first-order valence-corrected chi connectivity index (χ1v) is 7.83. The Labute approximate surface area is 110 Å². The van der Waals surface area contributed by atoms with Crippen molar-refractivity contribution in [2.45, 2.75) is 38.1 Å². The average molecular weight is 300 g/mol. The van der Waals surface area contributed by atoms with Gasteiger partial charge >= 0.3 is 0 Å². The summed E-state index contributed by atoms with van der Waals surface area (Å²) in [4.78, 5) is 1.43. The fourth-order valence-corrected chi connectivity index (χ4v) is 5.22. The van der Waals surface area contributed by atoms with E-state index in [2.05, 4.69) is 28.1 Å². The molecule has 4 atom stereocenters. The molecule has 16 heavy (non-hydrogen) atoms. The van der Waals surface area contributed by atoms with Crippen molar-refractivity contribution in [2.24, 2.45) is 23.5 Å². The third-order valence-electron chi connectivity index (χ3n) is 4.41. The SMILES string of the molecule is NC(Cc1ccc(Br)s1)C1CC2CCC1C2. The van der Waals surface area contributed by atoms with Gasteiger partial charge in [-0.1, -0.05) is 6.42 Å². The van der Waals surface area contributed by atoms with E-state index in [4.69, 9.17) is 5.73 Å². The summed E-state index contributed by atoms with van der Waals surface area (Å²) in [6.45, 7) is 0. The lowest BCUT2D eigenvalue weighted by atomic mass is 9.82. The molecule has 3 heteroatoms. The molecule has 0 saturated heterocycles. The van der Waals surface area contributed by atoms with Gasteiger partial charge in [-0.3, -0.25) is 0 Å². The van der Waals surface area contributed by atoms with Crippen molar-refractivity contribution in [3.05, 3.63) is 20.8 Å². The van der Waals surface area contributed by atoms with Crippen molar-refractivity contribution in [1.29, 1.82) is 0 Å². The van der Waals surface area contributed by atoms with E-state index in [1.807, 2.05) is 11.3 Å². The van der Waals surface area contributed by atoms with E-state index in [0.29, 0.717) is 6.04 Å². The van der Waals surface area contributed by atoms with Gasteiger partial charge in [-0.15, -0.1) is 11.3 Å². The predicted molar refractivity (Wildman–Crippen MR) is 72.6 cm³/mol. The van der Waals surface area contributed by atoms with E-state index in [1.54, 1.807) is 0 Å². The van der Waals surface area contributed by atoms with Gasteiger partial charge in [0.15, 0.2) is 0 Å². The van der Waals surface area contributed by atoms with Crippen LogP contribution < -0.4 is 5.73 Å². The van der Waals surface area contributed by atoms with E-state index < -0.39 is 0 Å². The standard InChI is InChI=1S/C13H18BrNS/c14-13-4-3-10(16-13)7-12(15)11-6-8-1-2-9(11)5-8/h3-4,8-9,11-12H,1-2,5-7,15H2. The maximum Gasteiger partial charge on any atom is 0.0701 e. The molecule has 0 aromatic carbocycles. The lowest BCUT2D eigenvalue weighted by Crippen LogP contribution is -2.35. The highest BCUT2D eigenvalue weighted by atomic mass is 79.9. The zero-order chi connectivity index (χ0) is 11.1. The number of thiophene rings is 1. The largest absolute Gasteiger partial charge is 0.327 e. The van der Waals surface area contributed by atoms with Crippen LogP contribution in [0.15, 0.2) is 15.9 Å². The summed E-state index contributed by atoms with van der Waals surface area (Å²) in [5.41, 5.74) is 6.40. The summed E-state index contributed by atoms with van der Waals surface area (Å²) >= 11 is 5.35. The molecule has 0 amide bonds. The number of hydrogen-bond acceptors (Lipinski definition) is 2. The summed E-state index contributed by atoms with van der Waals surface area (Å²) in [6, 6.07) is 4.73. The van der Waals surface area contributed by atoms with Crippen LogP contribution in [0.1, 0.15) is 30.6 Å². The Bertz CT molecular complexity index is 376. The second-order valence-corrected chi connectivity index (χ2v) is 7.96. The molecule has 0 radical (unpaired) electrons. The number of fused-ring (bicyclic) bond motifs is 2. The van der Waals surface area contributed by atoms with E-state index in [0.717, 1.165) is 24.2 Å². The highest BCUT2D eigenvalue weighted by molar-refractivity contribution is 9.11. The van der Waals surface area contributed by atoms with Crippen molar-refractivity contribution < 1.29 is 0 Å². The number of rotatable bonds is 3. The molecule has 1 nitrogen and oxygen atoms in total. The fraction of sp³-hybridized carbons (Fsp3) is 0.692. The molecule has 1 heterocycles. The van der Waals surface area contributed by atoms with Crippen molar-refractivity contribution in [3.63, 3.8) is 0 Å². The van der Waals surface area contributed by atoms with Gasteiger partial charge in [0.25, 0.3) is 0 Å². The number of hydrogen-bond donors (Lipinski definition) is 1. The Morgan fingerprint density at radius 1 is 1.38 bits per heavy atom. The topological polar surface area (TPSA) is 26.0 Å². The van der Waals surface area contributed by atoms with Crippen molar-refractivity contribution in [1.82, 2.24) is 0 Å². The van der Waals surface area contributed by atoms with Crippen molar-refractivity contribution in [2.75, 3.05) is 0 Å². The maximum absolute atomic E-state index is 6.40. The average Bonchev–Trinajstić information content (AvgIpc) is 2.93. The molecule has 1 aromatic rings. The van der Waals surface area contributed by atoms with Gasteiger partial charge in [0.05, 0.1) is 3.79 Å². The molecule has 4 unspecified atom stereocenters. The molecule has 0 aliphatic heterocycles. The molecule has 2 aliphatic carbocycles. The first kappa shape index (κ1) is 11.2. The molecule has 0 spiro atoms.